The van der Waals surface area contributed by atoms with Crippen molar-refractivity contribution in [2.24, 2.45) is 5.92 Å². The van der Waals surface area contributed by atoms with Crippen LogP contribution in [0.15, 0.2) is 34.9 Å². The van der Waals surface area contributed by atoms with Crippen LogP contribution in [0.2, 0.25) is 0 Å². The van der Waals surface area contributed by atoms with Gasteiger partial charge >= 0.3 is 0 Å². The largest absolute Gasteiger partial charge is 0.315 e. The molecule has 0 radical (unpaired) electrons. The third-order valence-corrected chi connectivity index (χ3v) is 8.50. The summed E-state index contributed by atoms with van der Waals surface area (Å²) in [5.74, 6) is 0.211. The number of thiocarbonyl (C=S) groups is 1. The maximum absolute atomic E-state index is 13.0. The van der Waals surface area contributed by atoms with Gasteiger partial charge in [0.05, 0.1) is 11.3 Å². The van der Waals surface area contributed by atoms with Crippen molar-refractivity contribution in [1.29, 1.82) is 0 Å². The molecule has 1 aliphatic heterocycles. The molecule has 1 fully saturated rings. The lowest BCUT2D eigenvalue weighted by Crippen LogP contribution is -2.48. The molecule has 0 aromatic heterocycles. The summed E-state index contributed by atoms with van der Waals surface area (Å²) in [5, 5.41) is 2.76. The van der Waals surface area contributed by atoms with Crippen molar-refractivity contribution in [1.82, 2.24) is 14.9 Å². The van der Waals surface area contributed by atoms with Crippen molar-refractivity contribution in [2.45, 2.75) is 56.9 Å². The first kappa shape index (κ1) is 21.8. The highest BCUT2D eigenvalue weighted by atomic mass is 32.2. The SMILES string of the molecule is CC1=C(C)C(N(C)C)C(=S)CC1C1=CC=CC(S(=O)(=O)NC2CCCNC2)C1. The molecule has 0 saturated carbocycles. The Hall–Kier alpha value is -0.860. The van der Waals surface area contributed by atoms with E-state index in [1.807, 2.05) is 12.2 Å². The summed E-state index contributed by atoms with van der Waals surface area (Å²) in [6.45, 7) is 6.01. The van der Waals surface area contributed by atoms with E-state index < -0.39 is 15.3 Å². The van der Waals surface area contributed by atoms with Crippen molar-refractivity contribution in [3.05, 3.63) is 34.9 Å². The number of piperidine rings is 1. The summed E-state index contributed by atoms with van der Waals surface area (Å²) >= 11 is 5.73. The molecule has 0 bridgehead atoms. The first-order valence-corrected chi connectivity index (χ1v) is 12.1. The molecule has 7 heteroatoms. The highest BCUT2D eigenvalue weighted by Gasteiger charge is 2.35. The molecule has 156 valence electrons. The van der Waals surface area contributed by atoms with Crippen LogP contribution in [0, 0.1) is 5.92 Å². The van der Waals surface area contributed by atoms with Gasteiger partial charge in [-0.05, 0) is 60.2 Å². The fourth-order valence-electron chi connectivity index (χ4n) is 4.70. The predicted molar refractivity (Wildman–Crippen MR) is 120 cm³/mol. The molecule has 2 aliphatic carbocycles. The summed E-state index contributed by atoms with van der Waals surface area (Å²) in [7, 11) is 0.723. The molecule has 0 amide bonds. The zero-order valence-electron chi connectivity index (χ0n) is 17.4. The number of sulfonamides is 1. The van der Waals surface area contributed by atoms with E-state index in [-0.39, 0.29) is 18.0 Å². The lowest BCUT2D eigenvalue weighted by Gasteiger charge is -2.38. The quantitative estimate of drug-likeness (QED) is 0.526. The Labute approximate surface area is 175 Å². The van der Waals surface area contributed by atoms with E-state index in [0.717, 1.165) is 30.7 Å². The molecule has 2 N–H and O–H groups in total. The van der Waals surface area contributed by atoms with Crippen molar-refractivity contribution in [3.63, 3.8) is 0 Å². The molecule has 4 atom stereocenters. The van der Waals surface area contributed by atoms with Crippen molar-refractivity contribution in [2.75, 3.05) is 27.2 Å². The van der Waals surface area contributed by atoms with E-state index in [2.05, 4.69) is 49.0 Å². The molecule has 5 nitrogen and oxygen atoms in total. The van der Waals surface area contributed by atoms with E-state index in [1.165, 1.54) is 16.7 Å². The third-order valence-electron chi connectivity index (χ3n) is 6.33. The zero-order chi connectivity index (χ0) is 20.5. The fraction of sp³-hybridized carbons (Fsp3) is 0.667. The second-order valence-electron chi connectivity index (χ2n) is 8.53. The number of nitrogens with one attached hydrogen (secondary N) is 2. The number of hydrogen-bond donors (Lipinski definition) is 2. The Morgan fingerprint density at radius 2 is 1.96 bits per heavy atom. The molecule has 4 unspecified atom stereocenters. The lowest BCUT2D eigenvalue weighted by molar-refractivity contribution is 0.382. The zero-order valence-corrected chi connectivity index (χ0v) is 19.0. The highest BCUT2D eigenvalue weighted by Crippen LogP contribution is 2.38. The van der Waals surface area contributed by atoms with Crippen LogP contribution in [0.4, 0.5) is 0 Å². The maximum atomic E-state index is 13.0. The van der Waals surface area contributed by atoms with Gasteiger partial charge in [-0.25, -0.2) is 13.1 Å². The second kappa shape index (κ2) is 8.88. The Bertz CT molecular complexity index is 806. The summed E-state index contributed by atoms with van der Waals surface area (Å²) in [5.41, 5.74) is 3.80. The van der Waals surface area contributed by atoms with Gasteiger partial charge in [-0.3, -0.25) is 4.90 Å². The van der Waals surface area contributed by atoms with Crippen LogP contribution in [-0.2, 0) is 10.0 Å². The van der Waals surface area contributed by atoms with Crippen LogP contribution >= 0.6 is 12.2 Å². The lowest BCUT2D eigenvalue weighted by atomic mass is 9.75. The predicted octanol–water partition coefficient (Wildman–Crippen LogP) is 2.57. The normalized spacial score (nSPS) is 32.0. The minimum absolute atomic E-state index is 0.00603. The molecule has 3 rings (SSSR count). The van der Waals surface area contributed by atoms with Gasteiger partial charge in [0.15, 0.2) is 0 Å². The Kier molecular flexibility index (Phi) is 6.92. The van der Waals surface area contributed by atoms with Crippen molar-refractivity contribution < 1.29 is 8.42 Å². The van der Waals surface area contributed by atoms with Gasteiger partial charge in [0, 0.05) is 23.4 Å². The average Bonchev–Trinajstić information content (AvgIpc) is 2.65. The second-order valence-corrected chi connectivity index (χ2v) is 11.0. The van der Waals surface area contributed by atoms with Crippen LogP contribution in [0.3, 0.4) is 0 Å². The van der Waals surface area contributed by atoms with Crippen LogP contribution in [0.25, 0.3) is 0 Å². The Balaban J connectivity index is 1.75. The molecule has 3 aliphatic rings. The highest BCUT2D eigenvalue weighted by molar-refractivity contribution is 7.90. The molecule has 28 heavy (non-hydrogen) atoms. The van der Waals surface area contributed by atoms with Crippen molar-refractivity contribution >= 4 is 27.1 Å². The third kappa shape index (κ3) is 4.65. The summed E-state index contributed by atoms with van der Waals surface area (Å²) in [6.07, 6.45) is 9.08. The van der Waals surface area contributed by atoms with Crippen LogP contribution in [0.5, 0.6) is 0 Å². The van der Waals surface area contributed by atoms with E-state index >= 15 is 0 Å². The van der Waals surface area contributed by atoms with E-state index in [1.54, 1.807) is 0 Å². The van der Waals surface area contributed by atoms with Crippen LogP contribution in [-0.4, -0.2) is 62.7 Å². The Morgan fingerprint density at radius 3 is 2.61 bits per heavy atom. The van der Waals surface area contributed by atoms with Gasteiger partial charge in [-0.2, -0.15) is 0 Å². The summed E-state index contributed by atoms with van der Waals surface area (Å²) in [4.78, 5) is 3.21. The van der Waals surface area contributed by atoms with E-state index in [0.29, 0.717) is 13.0 Å². The molecule has 1 heterocycles. The van der Waals surface area contributed by atoms with Crippen molar-refractivity contribution in [3.8, 4) is 0 Å². The van der Waals surface area contributed by atoms with Crippen LogP contribution in [0.1, 0.15) is 39.5 Å². The summed E-state index contributed by atoms with van der Waals surface area (Å²) < 4.78 is 28.9. The topological polar surface area (TPSA) is 61.4 Å². The maximum Gasteiger partial charge on any atom is 0.218 e. The number of rotatable bonds is 5. The molecule has 1 saturated heterocycles. The molecule has 0 aromatic carbocycles. The number of allylic oxidation sites excluding steroid dienone is 4. The van der Waals surface area contributed by atoms with Gasteiger partial charge < -0.3 is 5.32 Å². The molecular weight excluding hydrogens is 390 g/mol. The minimum atomic E-state index is -3.40. The van der Waals surface area contributed by atoms with E-state index in [9.17, 15) is 8.42 Å². The first-order valence-electron chi connectivity index (χ1n) is 10.2. The van der Waals surface area contributed by atoms with Gasteiger partial charge in [-0.15, -0.1) is 0 Å². The molecule has 0 aromatic rings. The van der Waals surface area contributed by atoms with Gasteiger partial charge in [0.25, 0.3) is 0 Å². The van der Waals surface area contributed by atoms with Gasteiger partial charge in [-0.1, -0.05) is 47.2 Å². The van der Waals surface area contributed by atoms with Gasteiger partial charge in [0.1, 0.15) is 0 Å². The number of nitrogens with zero attached hydrogens (tertiary/aromatic N) is 1. The van der Waals surface area contributed by atoms with E-state index in [4.69, 9.17) is 12.2 Å². The monoisotopic (exact) mass is 423 g/mol. The van der Waals surface area contributed by atoms with Crippen LogP contribution < -0.4 is 10.0 Å². The minimum Gasteiger partial charge on any atom is -0.315 e. The average molecular weight is 424 g/mol. The fourth-order valence-corrected chi connectivity index (χ4v) is 6.80. The summed E-state index contributed by atoms with van der Waals surface area (Å²) in [6, 6.07) is 0.194. The molecule has 0 spiro atoms. The molecular formula is C21H33N3O2S2. The number of likely N-dealkylation sites (N-methyl/N-ethyl adjacent to an activating group) is 1. The number of hydrogen-bond acceptors (Lipinski definition) is 5. The standard InChI is InChI=1S/C21H33N3O2S2/c1-14-15(2)21(24(3)4)20(27)12-19(14)16-7-5-9-18(11-16)28(25,26)23-17-8-6-10-22-13-17/h5,7,9,17-19,21-23H,6,8,10-13H2,1-4H3. The Morgan fingerprint density at radius 1 is 1.21 bits per heavy atom. The van der Waals surface area contributed by atoms with Gasteiger partial charge in [0.2, 0.25) is 10.0 Å². The first-order chi connectivity index (χ1) is 13.2. The smallest absolute Gasteiger partial charge is 0.218 e.